The molecule has 1 saturated carbocycles. The molecule has 2 aromatic rings. The minimum absolute atomic E-state index is 0.123. The van der Waals surface area contributed by atoms with Crippen molar-refractivity contribution < 1.29 is 8.42 Å². The van der Waals surface area contributed by atoms with Gasteiger partial charge in [-0.25, -0.2) is 8.42 Å². The van der Waals surface area contributed by atoms with E-state index in [1.54, 1.807) is 12.1 Å². The van der Waals surface area contributed by atoms with Gasteiger partial charge in [-0.3, -0.25) is 4.72 Å². The Labute approximate surface area is 146 Å². The van der Waals surface area contributed by atoms with Crippen molar-refractivity contribution in [3.63, 3.8) is 0 Å². The topological polar surface area (TPSA) is 84.0 Å². The van der Waals surface area contributed by atoms with Crippen LogP contribution in [0.2, 0.25) is 5.02 Å². The number of sulfonamides is 1. The summed E-state index contributed by atoms with van der Waals surface area (Å²) in [7, 11) is -3.70. The van der Waals surface area contributed by atoms with E-state index < -0.39 is 10.0 Å². The zero-order chi connectivity index (χ0) is 17.0. The van der Waals surface area contributed by atoms with Crippen LogP contribution in [0.1, 0.15) is 32.1 Å². The Morgan fingerprint density at radius 2 is 1.54 bits per heavy atom. The highest BCUT2D eigenvalue weighted by Crippen LogP contribution is 2.21. The molecule has 0 spiro atoms. The summed E-state index contributed by atoms with van der Waals surface area (Å²) in [5, 5.41) is 11.8. The summed E-state index contributed by atoms with van der Waals surface area (Å²) in [6.45, 7) is 0. The summed E-state index contributed by atoms with van der Waals surface area (Å²) in [6, 6.07) is 9.70. The summed E-state index contributed by atoms with van der Waals surface area (Å²) in [5.41, 5.74) is 0. The third-order valence-electron chi connectivity index (χ3n) is 3.98. The standard InChI is InChI=1S/C16H19ClN4O2S/c17-12-6-8-14(9-7-12)24(22,23)21-16-11-10-15(19-20-16)18-13-4-2-1-3-5-13/h6-11,13H,1-5H2,(H,18,19)(H,20,21). The van der Waals surface area contributed by atoms with Crippen LogP contribution in [-0.4, -0.2) is 24.7 Å². The van der Waals surface area contributed by atoms with Crippen LogP contribution in [0.5, 0.6) is 0 Å². The van der Waals surface area contributed by atoms with Gasteiger partial charge < -0.3 is 5.32 Å². The smallest absolute Gasteiger partial charge is 0.263 e. The van der Waals surface area contributed by atoms with Crippen LogP contribution in [0.25, 0.3) is 0 Å². The predicted octanol–water partition coefficient (Wildman–Crippen LogP) is 3.68. The Hall–Kier alpha value is -1.86. The first kappa shape index (κ1) is 17.0. The molecule has 0 atom stereocenters. The quantitative estimate of drug-likeness (QED) is 0.843. The van der Waals surface area contributed by atoms with Crippen LogP contribution in [0.3, 0.4) is 0 Å². The molecule has 1 aliphatic carbocycles. The molecule has 1 aliphatic rings. The van der Waals surface area contributed by atoms with Crippen LogP contribution < -0.4 is 10.0 Å². The summed E-state index contributed by atoms with van der Waals surface area (Å²) in [4.78, 5) is 0.123. The molecule has 0 unspecified atom stereocenters. The van der Waals surface area contributed by atoms with Gasteiger partial charge >= 0.3 is 0 Å². The summed E-state index contributed by atoms with van der Waals surface area (Å²) < 4.78 is 27.0. The number of aromatic nitrogens is 2. The van der Waals surface area contributed by atoms with Crippen molar-refractivity contribution in [2.75, 3.05) is 10.0 Å². The molecular weight excluding hydrogens is 348 g/mol. The Balaban J connectivity index is 1.66. The number of nitrogens with zero attached hydrogens (tertiary/aromatic N) is 2. The van der Waals surface area contributed by atoms with Gasteiger partial charge in [-0.15, -0.1) is 10.2 Å². The minimum atomic E-state index is -3.70. The lowest BCUT2D eigenvalue weighted by atomic mass is 9.95. The number of hydrogen-bond donors (Lipinski definition) is 2. The van der Waals surface area contributed by atoms with Gasteiger partial charge in [0.05, 0.1) is 4.90 Å². The highest BCUT2D eigenvalue weighted by atomic mass is 35.5. The molecule has 3 rings (SSSR count). The third kappa shape index (κ3) is 4.36. The van der Waals surface area contributed by atoms with Gasteiger partial charge in [0.1, 0.15) is 5.82 Å². The zero-order valence-corrected chi connectivity index (χ0v) is 14.6. The Kier molecular flexibility index (Phi) is 5.20. The van der Waals surface area contributed by atoms with E-state index >= 15 is 0 Å². The average Bonchev–Trinajstić information content (AvgIpc) is 2.58. The molecule has 1 fully saturated rings. The van der Waals surface area contributed by atoms with Crippen LogP contribution in [0.15, 0.2) is 41.3 Å². The van der Waals surface area contributed by atoms with Crippen LogP contribution in [0, 0.1) is 0 Å². The first-order valence-electron chi connectivity index (χ1n) is 7.91. The fourth-order valence-electron chi connectivity index (χ4n) is 2.73. The van der Waals surface area contributed by atoms with Gasteiger partial charge in [0.15, 0.2) is 5.82 Å². The molecule has 8 heteroatoms. The van der Waals surface area contributed by atoms with E-state index in [1.807, 2.05) is 0 Å². The fraction of sp³-hybridized carbons (Fsp3) is 0.375. The third-order valence-corrected chi connectivity index (χ3v) is 5.61. The minimum Gasteiger partial charge on any atom is -0.366 e. The highest BCUT2D eigenvalue weighted by molar-refractivity contribution is 7.92. The van der Waals surface area contributed by atoms with Gasteiger partial charge in [0.2, 0.25) is 0 Å². The number of anilines is 2. The van der Waals surface area contributed by atoms with Gasteiger partial charge in [-0.05, 0) is 49.2 Å². The maximum absolute atomic E-state index is 12.3. The van der Waals surface area contributed by atoms with Crippen molar-refractivity contribution in [3.05, 3.63) is 41.4 Å². The van der Waals surface area contributed by atoms with Crippen LogP contribution >= 0.6 is 11.6 Å². The molecule has 1 heterocycles. The second-order valence-corrected chi connectivity index (χ2v) is 7.96. The van der Waals surface area contributed by atoms with E-state index in [0.29, 0.717) is 16.9 Å². The summed E-state index contributed by atoms with van der Waals surface area (Å²) in [5.74, 6) is 0.843. The van der Waals surface area contributed by atoms with Crippen molar-refractivity contribution >= 4 is 33.3 Å². The van der Waals surface area contributed by atoms with Crippen LogP contribution in [0.4, 0.5) is 11.6 Å². The highest BCUT2D eigenvalue weighted by Gasteiger charge is 2.16. The maximum atomic E-state index is 12.3. The van der Waals surface area contributed by atoms with Gasteiger partial charge in [0.25, 0.3) is 10.0 Å². The molecule has 0 aliphatic heterocycles. The molecule has 1 aromatic carbocycles. The molecule has 0 saturated heterocycles. The van der Waals surface area contributed by atoms with Crippen molar-refractivity contribution in [1.82, 2.24) is 10.2 Å². The SMILES string of the molecule is O=S(=O)(Nc1ccc(NC2CCCCC2)nn1)c1ccc(Cl)cc1. The molecule has 0 amide bonds. The summed E-state index contributed by atoms with van der Waals surface area (Å²) >= 11 is 5.77. The lowest BCUT2D eigenvalue weighted by Gasteiger charge is -2.22. The van der Waals surface area contributed by atoms with Gasteiger partial charge in [0, 0.05) is 11.1 Å². The van der Waals surface area contributed by atoms with Crippen molar-refractivity contribution in [3.8, 4) is 0 Å². The fourth-order valence-corrected chi connectivity index (χ4v) is 3.85. The maximum Gasteiger partial charge on any atom is 0.263 e. The van der Waals surface area contributed by atoms with Crippen molar-refractivity contribution in [2.24, 2.45) is 0 Å². The van der Waals surface area contributed by atoms with E-state index in [2.05, 4.69) is 20.2 Å². The lowest BCUT2D eigenvalue weighted by Crippen LogP contribution is -2.23. The second kappa shape index (κ2) is 7.36. The average molecular weight is 367 g/mol. The van der Waals surface area contributed by atoms with Gasteiger partial charge in [-0.1, -0.05) is 30.9 Å². The first-order chi connectivity index (χ1) is 11.5. The number of halogens is 1. The zero-order valence-electron chi connectivity index (χ0n) is 13.1. The first-order valence-corrected chi connectivity index (χ1v) is 9.78. The van der Waals surface area contributed by atoms with E-state index in [4.69, 9.17) is 11.6 Å². The van der Waals surface area contributed by atoms with E-state index in [9.17, 15) is 8.42 Å². The Morgan fingerprint density at radius 3 is 2.17 bits per heavy atom. The van der Waals surface area contributed by atoms with Crippen molar-refractivity contribution in [2.45, 2.75) is 43.0 Å². The van der Waals surface area contributed by atoms with E-state index in [-0.39, 0.29) is 10.7 Å². The number of nitrogens with one attached hydrogen (secondary N) is 2. The predicted molar refractivity (Wildman–Crippen MR) is 94.8 cm³/mol. The van der Waals surface area contributed by atoms with Gasteiger partial charge in [-0.2, -0.15) is 0 Å². The van der Waals surface area contributed by atoms with E-state index in [1.165, 1.54) is 43.5 Å². The molecule has 24 heavy (non-hydrogen) atoms. The van der Waals surface area contributed by atoms with Crippen molar-refractivity contribution in [1.29, 1.82) is 0 Å². The normalized spacial score (nSPS) is 15.9. The molecular formula is C16H19ClN4O2S. The number of benzene rings is 1. The number of rotatable bonds is 5. The molecule has 2 N–H and O–H groups in total. The van der Waals surface area contributed by atoms with E-state index in [0.717, 1.165) is 12.8 Å². The Bertz CT molecular complexity index is 773. The molecule has 0 radical (unpaired) electrons. The largest absolute Gasteiger partial charge is 0.366 e. The molecule has 1 aromatic heterocycles. The molecule has 128 valence electrons. The number of hydrogen-bond acceptors (Lipinski definition) is 5. The van der Waals surface area contributed by atoms with Crippen LogP contribution in [-0.2, 0) is 10.0 Å². The molecule has 6 nitrogen and oxygen atoms in total. The Morgan fingerprint density at radius 1 is 0.917 bits per heavy atom. The second-order valence-electron chi connectivity index (χ2n) is 5.84. The summed E-state index contributed by atoms with van der Waals surface area (Å²) in [6.07, 6.45) is 6.00. The molecule has 0 bridgehead atoms. The lowest BCUT2D eigenvalue weighted by molar-refractivity contribution is 0.461. The monoisotopic (exact) mass is 366 g/mol.